The number of esters is 1. The Balaban J connectivity index is 2.08. The van der Waals surface area contributed by atoms with Crippen LogP contribution in [-0.2, 0) is 16.1 Å². The molecular formula is C16H22N2O3. The van der Waals surface area contributed by atoms with Crippen molar-refractivity contribution in [3.63, 3.8) is 0 Å². The van der Waals surface area contributed by atoms with Gasteiger partial charge in [0.2, 0.25) is 0 Å². The van der Waals surface area contributed by atoms with E-state index in [0.717, 1.165) is 11.3 Å². The molecule has 0 N–H and O–H groups in total. The third kappa shape index (κ3) is 3.74. The number of nitrogens with zero attached hydrogens (tertiary/aromatic N) is 2. The van der Waals surface area contributed by atoms with E-state index in [4.69, 9.17) is 4.74 Å². The second-order valence-corrected chi connectivity index (χ2v) is 6.26. The van der Waals surface area contributed by atoms with Gasteiger partial charge in [0.25, 0.3) is 0 Å². The zero-order valence-corrected chi connectivity index (χ0v) is 13.0. The number of ether oxygens (including phenoxy) is 1. The molecule has 1 aliphatic rings. The van der Waals surface area contributed by atoms with Gasteiger partial charge >= 0.3 is 12.0 Å². The molecular weight excluding hydrogens is 268 g/mol. The summed E-state index contributed by atoms with van der Waals surface area (Å²) in [6, 6.07) is 7.68. The molecule has 0 aromatic heterocycles. The maximum absolute atomic E-state index is 12.3. The van der Waals surface area contributed by atoms with Gasteiger partial charge in [-0.15, -0.1) is 0 Å². The Morgan fingerprint density at radius 3 is 2.62 bits per heavy atom. The number of anilines is 1. The molecule has 5 nitrogen and oxygen atoms in total. The van der Waals surface area contributed by atoms with Gasteiger partial charge in [-0.3, -0.25) is 9.69 Å². The topological polar surface area (TPSA) is 49.9 Å². The monoisotopic (exact) mass is 290 g/mol. The van der Waals surface area contributed by atoms with Crippen LogP contribution in [0.15, 0.2) is 24.3 Å². The molecule has 0 aliphatic carbocycles. The summed E-state index contributed by atoms with van der Waals surface area (Å²) >= 11 is 0. The van der Waals surface area contributed by atoms with Crippen molar-refractivity contribution >= 4 is 17.7 Å². The van der Waals surface area contributed by atoms with Crippen LogP contribution < -0.4 is 4.90 Å². The number of hydrogen-bond acceptors (Lipinski definition) is 3. The summed E-state index contributed by atoms with van der Waals surface area (Å²) in [6.45, 7) is 6.42. The number of rotatable bonds is 3. The average Bonchev–Trinajstić information content (AvgIpc) is 2.37. The normalized spacial score (nSPS) is 15.0. The maximum atomic E-state index is 12.3. The predicted molar refractivity (Wildman–Crippen MR) is 81.1 cm³/mol. The van der Waals surface area contributed by atoms with Crippen molar-refractivity contribution < 1.29 is 14.3 Å². The van der Waals surface area contributed by atoms with E-state index in [-0.39, 0.29) is 18.4 Å². The lowest BCUT2D eigenvalue weighted by Gasteiger charge is -2.35. The second-order valence-electron chi connectivity index (χ2n) is 6.26. The molecule has 0 spiro atoms. The van der Waals surface area contributed by atoms with E-state index in [1.54, 1.807) is 16.8 Å². The molecule has 0 bridgehead atoms. The van der Waals surface area contributed by atoms with E-state index in [1.807, 2.05) is 45.0 Å². The minimum absolute atomic E-state index is 0.0859. The fraction of sp³-hybridized carbons (Fsp3) is 0.500. The van der Waals surface area contributed by atoms with Crippen molar-refractivity contribution in [1.29, 1.82) is 0 Å². The number of carbonyl (C=O) groups excluding carboxylic acids is 2. The van der Waals surface area contributed by atoms with Crippen LogP contribution in [0.5, 0.6) is 0 Å². The van der Waals surface area contributed by atoms with E-state index in [1.165, 1.54) is 0 Å². The van der Waals surface area contributed by atoms with Crippen LogP contribution in [-0.4, -0.2) is 36.1 Å². The summed E-state index contributed by atoms with van der Waals surface area (Å²) in [5.74, 6) is -0.291. The van der Waals surface area contributed by atoms with Crippen molar-refractivity contribution in [1.82, 2.24) is 4.90 Å². The highest BCUT2D eigenvalue weighted by molar-refractivity contribution is 5.95. The highest BCUT2D eigenvalue weighted by atomic mass is 16.6. The zero-order valence-electron chi connectivity index (χ0n) is 13.0. The maximum Gasteiger partial charge on any atom is 0.324 e. The average molecular weight is 290 g/mol. The lowest BCUT2D eigenvalue weighted by molar-refractivity contribution is -0.154. The van der Waals surface area contributed by atoms with Gasteiger partial charge < -0.3 is 9.64 Å². The molecule has 0 saturated heterocycles. The Labute approximate surface area is 125 Å². The molecule has 114 valence electrons. The Morgan fingerprint density at radius 2 is 1.95 bits per heavy atom. The minimum atomic E-state index is -0.502. The fourth-order valence-corrected chi connectivity index (χ4v) is 2.35. The van der Waals surface area contributed by atoms with Gasteiger partial charge in [0.05, 0.1) is 12.1 Å². The van der Waals surface area contributed by atoms with E-state index in [2.05, 4.69) is 0 Å². The summed E-state index contributed by atoms with van der Waals surface area (Å²) in [5, 5.41) is 0. The highest BCUT2D eigenvalue weighted by Crippen LogP contribution is 2.27. The van der Waals surface area contributed by atoms with Crippen LogP contribution in [0.4, 0.5) is 10.5 Å². The molecule has 21 heavy (non-hydrogen) atoms. The Hall–Kier alpha value is -2.04. The van der Waals surface area contributed by atoms with Crippen molar-refractivity contribution in [2.75, 3.05) is 18.5 Å². The minimum Gasteiger partial charge on any atom is -0.460 e. The number of carbonyl (C=O) groups is 2. The Morgan fingerprint density at radius 1 is 1.29 bits per heavy atom. The van der Waals surface area contributed by atoms with E-state index in [9.17, 15) is 9.59 Å². The first kappa shape index (κ1) is 15.4. The summed E-state index contributed by atoms with van der Waals surface area (Å²) < 4.78 is 5.29. The fourth-order valence-electron chi connectivity index (χ4n) is 2.35. The molecule has 5 heteroatoms. The van der Waals surface area contributed by atoms with Crippen LogP contribution in [0.2, 0.25) is 0 Å². The first-order valence-corrected chi connectivity index (χ1v) is 7.10. The van der Waals surface area contributed by atoms with Gasteiger partial charge in [-0.1, -0.05) is 18.2 Å². The molecule has 1 heterocycles. The van der Waals surface area contributed by atoms with Crippen LogP contribution in [0, 0.1) is 0 Å². The van der Waals surface area contributed by atoms with Crippen molar-refractivity contribution in [2.45, 2.75) is 39.3 Å². The molecule has 1 aliphatic heterocycles. The third-order valence-electron chi connectivity index (χ3n) is 3.21. The lowest BCUT2D eigenvalue weighted by Crippen LogP contribution is -2.46. The largest absolute Gasteiger partial charge is 0.460 e. The zero-order chi connectivity index (χ0) is 15.6. The highest BCUT2D eigenvalue weighted by Gasteiger charge is 2.28. The number of urea groups is 1. The summed E-state index contributed by atoms with van der Waals surface area (Å²) in [7, 11) is 1.76. The quantitative estimate of drug-likeness (QED) is 0.804. The first-order valence-electron chi connectivity index (χ1n) is 7.10. The smallest absolute Gasteiger partial charge is 0.324 e. The van der Waals surface area contributed by atoms with Crippen molar-refractivity contribution in [2.24, 2.45) is 0 Å². The molecule has 2 amide bonds. The molecule has 1 aromatic rings. The molecule has 0 saturated carbocycles. The number of fused-ring (bicyclic) bond motifs is 1. The van der Waals surface area contributed by atoms with Crippen LogP contribution in [0.25, 0.3) is 0 Å². The number of hydrogen-bond donors (Lipinski definition) is 0. The van der Waals surface area contributed by atoms with Gasteiger partial charge in [-0.05, 0) is 32.4 Å². The molecule has 0 atom stereocenters. The molecule has 0 fully saturated rings. The van der Waals surface area contributed by atoms with Crippen LogP contribution >= 0.6 is 0 Å². The van der Waals surface area contributed by atoms with Crippen LogP contribution in [0.1, 0.15) is 32.8 Å². The Kier molecular flexibility index (Phi) is 4.21. The van der Waals surface area contributed by atoms with Crippen LogP contribution in [0.3, 0.4) is 0 Å². The SMILES string of the molecule is CN1Cc2ccccc2N(CCC(=O)OC(C)(C)C)C1=O. The van der Waals surface area contributed by atoms with E-state index < -0.39 is 5.60 Å². The van der Waals surface area contributed by atoms with E-state index >= 15 is 0 Å². The summed E-state index contributed by atoms with van der Waals surface area (Å²) in [5.41, 5.74) is 1.46. The molecule has 0 unspecified atom stereocenters. The van der Waals surface area contributed by atoms with Crippen molar-refractivity contribution in [3.05, 3.63) is 29.8 Å². The van der Waals surface area contributed by atoms with Gasteiger partial charge in [0.1, 0.15) is 5.60 Å². The molecule has 2 rings (SSSR count). The van der Waals surface area contributed by atoms with Crippen molar-refractivity contribution in [3.8, 4) is 0 Å². The molecule has 1 aromatic carbocycles. The summed E-state index contributed by atoms with van der Waals surface area (Å²) in [6.07, 6.45) is 0.186. The second kappa shape index (κ2) is 5.76. The van der Waals surface area contributed by atoms with Gasteiger partial charge in [-0.2, -0.15) is 0 Å². The predicted octanol–water partition coefficient (Wildman–Crippen LogP) is 2.79. The number of para-hydroxylation sites is 1. The summed E-state index contributed by atoms with van der Waals surface area (Å²) in [4.78, 5) is 27.4. The number of benzene rings is 1. The third-order valence-corrected chi connectivity index (χ3v) is 3.21. The first-order chi connectivity index (χ1) is 9.78. The van der Waals surface area contributed by atoms with E-state index in [0.29, 0.717) is 13.1 Å². The molecule has 0 radical (unpaired) electrons. The standard InChI is InChI=1S/C16H22N2O3/c1-16(2,3)21-14(19)9-10-18-13-8-6-5-7-12(13)11-17(4)15(18)20/h5-8H,9-11H2,1-4H3. The van der Waals surface area contributed by atoms with Gasteiger partial charge in [0, 0.05) is 20.1 Å². The van der Waals surface area contributed by atoms with Gasteiger partial charge in [-0.25, -0.2) is 4.79 Å². The number of amides is 2. The van der Waals surface area contributed by atoms with Gasteiger partial charge in [0.15, 0.2) is 0 Å². The Bertz CT molecular complexity index is 549. The lowest BCUT2D eigenvalue weighted by atomic mass is 10.1.